The molecule has 2 heterocycles. The molecule has 1 aliphatic heterocycles. The van der Waals surface area contributed by atoms with E-state index in [1.807, 2.05) is 34.9 Å². The molecule has 0 radical (unpaired) electrons. The van der Waals surface area contributed by atoms with Crippen LogP contribution in [-0.4, -0.2) is 46.1 Å². The van der Waals surface area contributed by atoms with Gasteiger partial charge in [0.1, 0.15) is 24.0 Å². The highest BCUT2D eigenvalue weighted by Gasteiger charge is 2.29. The Bertz CT molecular complexity index is 988. The van der Waals surface area contributed by atoms with E-state index < -0.39 is 11.8 Å². The van der Waals surface area contributed by atoms with E-state index in [2.05, 4.69) is 23.1 Å². The smallest absolute Gasteiger partial charge is 0.296 e. The van der Waals surface area contributed by atoms with E-state index in [-0.39, 0.29) is 18.2 Å². The van der Waals surface area contributed by atoms with Gasteiger partial charge in [-0.3, -0.25) is 9.59 Å². The second-order valence-electron chi connectivity index (χ2n) is 6.53. The van der Waals surface area contributed by atoms with Crippen LogP contribution < -0.4 is 0 Å². The maximum Gasteiger partial charge on any atom is 0.296 e. The Kier molecular flexibility index (Phi) is 6.19. The fourth-order valence-corrected chi connectivity index (χ4v) is 2.81. The Morgan fingerprint density at radius 3 is 2.86 bits per heavy atom. The van der Waals surface area contributed by atoms with Gasteiger partial charge < -0.3 is 14.2 Å². The minimum Gasteiger partial charge on any atom is -0.490 e. The first-order chi connectivity index (χ1) is 14.0. The summed E-state index contributed by atoms with van der Waals surface area (Å²) >= 11 is 0. The lowest BCUT2D eigenvalue weighted by atomic mass is 10.1. The predicted molar refractivity (Wildman–Crippen MR) is 110 cm³/mol. The lowest BCUT2D eigenvalue weighted by molar-refractivity contribution is -0.129. The summed E-state index contributed by atoms with van der Waals surface area (Å²) in [5, 5.41) is 0. The predicted octanol–water partition coefficient (Wildman–Crippen LogP) is 2.83. The van der Waals surface area contributed by atoms with Crippen molar-refractivity contribution in [2.75, 3.05) is 13.7 Å². The fourth-order valence-electron chi connectivity index (χ4n) is 2.81. The van der Waals surface area contributed by atoms with Crippen LogP contribution in [-0.2, 0) is 16.1 Å². The summed E-state index contributed by atoms with van der Waals surface area (Å²) in [7, 11) is 1.60. The number of carbonyl (C=O) groups excluding carboxylic acids is 2. The molecule has 7 heteroatoms. The minimum absolute atomic E-state index is 0.0566. The van der Waals surface area contributed by atoms with Crippen molar-refractivity contribution >= 4 is 18.0 Å². The number of imidazole rings is 1. The molecule has 148 valence electrons. The van der Waals surface area contributed by atoms with Gasteiger partial charge in [0, 0.05) is 26.0 Å². The lowest BCUT2D eigenvalue weighted by Gasteiger charge is -2.17. The van der Waals surface area contributed by atoms with Crippen molar-refractivity contribution in [2.24, 2.45) is 10.9 Å². The minimum atomic E-state index is -0.706. The molecule has 0 bridgehead atoms. The number of hydrogen-bond acceptors (Lipinski definition) is 4. The number of aliphatic imine (C=N–C) groups is 1. The van der Waals surface area contributed by atoms with Gasteiger partial charge in [0.15, 0.2) is 0 Å². The Hall–Kier alpha value is -3.74. The molecule has 1 aliphatic rings. The van der Waals surface area contributed by atoms with Crippen molar-refractivity contribution in [1.82, 2.24) is 14.5 Å². The van der Waals surface area contributed by atoms with Crippen LogP contribution in [0.1, 0.15) is 16.1 Å². The average Bonchev–Trinajstić information content (AvgIpc) is 3.17. The molecule has 1 saturated heterocycles. The van der Waals surface area contributed by atoms with Gasteiger partial charge in [-0.1, -0.05) is 49.6 Å². The Balaban J connectivity index is 1.68. The lowest BCUT2D eigenvalue weighted by Crippen LogP contribution is -2.32. The van der Waals surface area contributed by atoms with Crippen LogP contribution >= 0.6 is 0 Å². The van der Waals surface area contributed by atoms with Crippen LogP contribution in [0.3, 0.4) is 0 Å². The quantitative estimate of drug-likeness (QED) is 0.736. The highest BCUT2D eigenvalue weighted by molar-refractivity contribution is 6.02. The number of likely N-dealkylation sites (N-methyl/N-ethyl adjacent to an activating group) is 1. The molecule has 1 atom stereocenters. The SMILES string of the molecule is C=C/C=C1/OCC(/C=N\C(=O)c2cn(Cc3ccccc3)cn2)C(=O)N(C)C1=C. The van der Waals surface area contributed by atoms with Crippen LogP contribution in [0.2, 0.25) is 0 Å². The molecule has 0 saturated carbocycles. The monoisotopic (exact) mass is 390 g/mol. The number of nitrogens with zero attached hydrogens (tertiary/aromatic N) is 4. The third-order valence-electron chi connectivity index (χ3n) is 4.46. The number of ether oxygens (including phenoxy) is 1. The molecular formula is C22H22N4O3. The number of rotatable bonds is 5. The van der Waals surface area contributed by atoms with Gasteiger partial charge in [-0.25, -0.2) is 9.98 Å². The summed E-state index contributed by atoms with van der Waals surface area (Å²) in [6.45, 7) is 8.14. The summed E-state index contributed by atoms with van der Waals surface area (Å²) < 4.78 is 7.43. The first kappa shape index (κ1) is 20.0. The molecule has 1 unspecified atom stereocenters. The molecule has 2 aromatic rings. The Morgan fingerprint density at radius 2 is 2.14 bits per heavy atom. The first-order valence-corrected chi connectivity index (χ1v) is 9.06. The van der Waals surface area contributed by atoms with E-state index in [4.69, 9.17) is 4.74 Å². The molecule has 1 aromatic heterocycles. The zero-order valence-electron chi connectivity index (χ0n) is 16.2. The second-order valence-corrected chi connectivity index (χ2v) is 6.53. The highest BCUT2D eigenvalue weighted by Crippen LogP contribution is 2.21. The zero-order valence-corrected chi connectivity index (χ0v) is 16.2. The van der Waals surface area contributed by atoms with E-state index >= 15 is 0 Å². The summed E-state index contributed by atoms with van der Waals surface area (Å²) in [5.41, 5.74) is 1.74. The van der Waals surface area contributed by atoms with Crippen molar-refractivity contribution < 1.29 is 14.3 Å². The molecule has 0 aliphatic carbocycles. The van der Waals surface area contributed by atoms with Gasteiger partial charge in [0.05, 0.1) is 12.0 Å². The normalized spacial score (nSPS) is 18.7. The van der Waals surface area contributed by atoms with Gasteiger partial charge in [-0.15, -0.1) is 0 Å². The molecule has 1 fully saturated rings. The molecule has 29 heavy (non-hydrogen) atoms. The number of carbonyl (C=O) groups is 2. The number of aromatic nitrogens is 2. The number of allylic oxidation sites excluding steroid dienone is 2. The van der Waals surface area contributed by atoms with Gasteiger partial charge in [-0.2, -0.15) is 0 Å². The van der Waals surface area contributed by atoms with Gasteiger partial charge in [-0.05, 0) is 11.6 Å². The van der Waals surface area contributed by atoms with Crippen molar-refractivity contribution in [3.05, 3.63) is 90.9 Å². The number of benzene rings is 1. The van der Waals surface area contributed by atoms with Crippen molar-refractivity contribution in [1.29, 1.82) is 0 Å². The van der Waals surface area contributed by atoms with Crippen LogP contribution in [0.15, 0.2) is 84.6 Å². The Labute approximate surface area is 169 Å². The van der Waals surface area contributed by atoms with Gasteiger partial charge in [0.25, 0.3) is 5.91 Å². The maximum absolute atomic E-state index is 12.6. The molecule has 7 nitrogen and oxygen atoms in total. The molecule has 2 amide bonds. The Morgan fingerprint density at radius 1 is 1.38 bits per heavy atom. The van der Waals surface area contributed by atoms with Crippen molar-refractivity contribution in [3.63, 3.8) is 0 Å². The first-order valence-electron chi connectivity index (χ1n) is 9.06. The van der Waals surface area contributed by atoms with Gasteiger partial charge >= 0.3 is 0 Å². The van der Waals surface area contributed by atoms with E-state index in [9.17, 15) is 9.59 Å². The molecule has 3 rings (SSSR count). The summed E-state index contributed by atoms with van der Waals surface area (Å²) in [6, 6.07) is 9.85. The molecule has 0 N–H and O–H groups in total. The molecule has 1 aromatic carbocycles. The van der Waals surface area contributed by atoms with E-state index in [1.165, 1.54) is 11.1 Å². The standard InChI is InChI=1S/C22H22N4O3/c1-4-8-20-16(2)25(3)22(28)18(14-29-20)11-23-21(27)19-13-26(15-24-19)12-17-9-6-5-7-10-17/h4-11,13,15,18H,1-2,12,14H2,3H3/b20-8+,23-11-. The fraction of sp³-hybridized carbons (Fsp3) is 0.182. The van der Waals surface area contributed by atoms with E-state index in [1.54, 1.807) is 31.7 Å². The van der Waals surface area contributed by atoms with Crippen LogP contribution in [0, 0.1) is 5.92 Å². The summed E-state index contributed by atoms with van der Waals surface area (Å²) in [5.74, 6) is -1.02. The van der Waals surface area contributed by atoms with E-state index in [0.717, 1.165) is 5.56 Å². The third kappa shape index (κ3) is 4.76. The average molecular weight is 390 g/mol. The maximum atomic E-state index is 12.6. The van der Waals surface area contributed by atoms with Crippen LogP contribution in [0.25, 0.3) is 0 Å². The topological polar surface area (TPSA) is 76.8 Å². The second kappa shape index (κ2) is 8.97. The van der Waals surface area contributed by atoms with E-state index in [0.29, 0.717) is 18.0 Å². The summed E-state index contributed by atoms with van der Waals surface area (Å²) in [4.78, 5) is 34.4. The zero-order chi connectivity index (χ0) is 20.8. The van der Waals surface area contributed by atoms with Crippen molar-refractivity contribution in [3.8, 4) is 0 Å². The number of amides is 2. The van der Waals surface area contributed by atoms with Crippen molar-refractivity contribution in [2.45, 2.75) is 6.54 Å². The largest absolute Gasteiger partial charge is 0.490 e. The number of hydrogen-bond donors (Lipinski definition) is 0. The van der Waals surface area contributed by atoms with Crippen LogP contribution in [0.4, 0.5) is 0 Å². The third-order valence-corrected chi connectivity index (χ3v) is 4.46. The molecule has 0 spiro atoms. The summed E-state index contributed by atoms with van der Waals surface area (Å²) in [6.07, 6.45) is 7.72. The highest BCUT2D eigenvalue weighted by atomic mass is 16.5. The van der Waals surface area contributed by atoms with Gasteiger partial charge in [0.2, 0.25) is 5.91 Å². The molecular weight excluding hydrogens is 368 g/mol. The van der Waals surface area contributed by atoms with Crippen LogP contribution in [0.5, 0.6) is 0 Å².